The predicted octanol–water partition coefficient (Wildman–Crippen LogP) is -0.553. The summed E-state index contributed by atoms with van der Waals surface area (Å²) in [5.74, 6) is -1.12. The van der Waals surface area contributed by atoms with Crippen LogP contribution in [0.5, 0.6) is 0 Å². The van der Waals surface area contributed by atoms with Gasteiger partial charge in [-0.05, 0) is 0 Å². The van der Waals surface area contributed by atoms with Crippen molar-refractivity contribution in [2.24, 2.45) is 0 Å². The van der Waals surface area contributed by atoms with E-state index in [0.717, 1.165) is 11.7 Å². The van der Waals surface area contributed by atoms with Gasteiger partial charge in [-0.3, -0.25) is 0 Å². The number of aliphatic hydroxyl groups is 1. The van der Waals surface area contributed by atoms with Crippen molar-refractivity contribution < 1.29 is 24.0 Å². The normalized spacial score (nSPS) is 17.0. The lowest BCUT2D eigenvalue weighted by molar-refractivity contribution is -0.412. The van der Waals surface area contributed by atoms with Gasteiger partial charge in [-0.15, -0.1) is 4.58 Å². The van der Waals surface area contributed by atoms with E-state index in [4.69, 9.17) is 5.11 Å². The minimum atomic E-state index is -0.822. The average Bonchev–Trinajstić information content (AvgIpc) is 2.09. The number of rotatable bonds is 2. The van der Waals surface area contributed by atoms with Gasteiger partial charge in [-0.2, -0.15) is 0 Å². The van der Waals surface area contributed by atoms with Crippen LogP contribution in [-0.4, -0.2) is 34.9 Å². The second-order valence-electron chi connectivity index (χ2n) is 2.30. The standard InChI is InChI=1S/C7H7NO4S/c1-12-6(10)5(7(11)13)8-3-2-4(8)9/h3H,2H2,1H3,(H-,10,11,13). The molecule has 0 aromatic carbocycles. The number of carbonyl (C=O) groups excluding carboxylic acids is 2. The molecule has 0 aliphatic carbocycles. The molecule has 5 nitrogen and oxygen atoms in total. The fraction of sp³-hybridized carbons (Fsp3) is 0.286. The van der Waals surface area contributed by atoms with E-state index in [9.17, 15) is 9.59 Å². The number of nitrogens with zero attached hydrogens (tertiary/aromatic N) is 1. The molecule has 1 rings (SSSR count). The molecule has 1 aliphatic rings. The van der Waals surface area contributed by atoms with E-state index < -0.39 is 11.1 Å². The first-order valence-corrected chi connectivity index (χ1v) is 3.82. The number of aliphatic hydroxyl groups excluding tert-OH is 1. The fourth-order valence-corrected chi connectivity index (χ4v) is 1.04. The summed E-state index contributed by atoms with van der Waals surface area (Å²) in [5, 5.41) is 8.30. The van der Waals surface area contributed by atoms with Gasteiger partial charge in [0, 0.05) is 0 Å². The van der Waals surface area contributed by atoms with Crippen LogP contribution >= 0.6 is 0 Å². The lowest BCUT2D eigenvalue weighted by atomic mass is 10.2. The number of hydrogen-bond acceptors (Lipinski definition) is 5. The molecule has 0 saturated carbocycles. The van der Waals surface area contributed by atoms with Gasteiger partial charge in [0.1, 0.15) is 0 Å². The van der Waals surface area contributed by atoms with Crippen molar-refractivity contribution in [1.29, 1.82) is 0 Å². The molecule has 1 aliphatic heterocycles. The Hall–Kier alpha value is -1.43. The van der Waals surface area contributed by atoms with Crippen LogP contribution in [0.25, 0.3) is 0 Å². The lowest BCUT2D eigenvalue weighted by Gasteiger charge is -2.11. The molecule has 0 unspecified atom stereocenters. The molecule has 0 atom stereocenters. The average molecular weight is 201 g/mol. The number of hydrogen-bond donors (Lipinski definition) is 1. The zero-order chi connectivity index (χ0) is 10.0. The van der Waals surface area contributed by atoms with Gasteiger partial charge in [0.15, 0.2) is 12.6 Å². The highest BCUT2D eigenvalue weighted by atomic mass is 32.1. The summed E-state index contributed by atoms with van der Waals surface area (Å²) in [6.45, 7) is 0. The molecule has 0 spiro atoms. The number of methoxy groups -OCH3 is 1. The number of ether oxygens (including phenoxy) is 1. The van der Waals surface area contributed by atoms with E-state index in [1.807, 2.05) is 0 Å². The highest BCUT2D eigenvalue weighted by Crippen LogP contribution is 2.10. The Morgan fingerprint density at radius 1 is 1.77 bits per heavy atom. The van der Waals surface area contributed by atoms with E-state index in [1.54, 1.807) is 0 Å². The van der Waals surface area contributed by atoms with Crippen LogP contribution in [0, 0.1) is 0 Å². The molecule has 70 valence electrons. The first-order chi connectivity index (χ1) is 6.07. The Balaban J connectivity index is 3.02. The van der Waals surface area contributed by atoms with Gasteiger partial charge < -0.3 is 22.5 Å². The molecule has 0 bridgehead atoms. The first kappa shape index (κ1) is 9.66. The molecular weight excluding hydrogens is 194 g/mol. The fourth-order valence-electron chi connectivity index (χ4n) is 0.858. The van der Waals surface area contributed by atoms with Crippen LogP contribution in [0.3, 0.4) is 0 Å². The SMILES string of the molecule is COC(=O)/C(=C(/O)[S-])[N+]1=CCC1=O. The van der Waals surface area contributed by atoms with Crippen molar-refractivity contribution in [2.75, 3.05) is 7.11 Å². The first-order valence-electron chi connectivity index (χ1n) is 3.42. The third-order valence-electron chi connectivity index (χ3n) is 1.54. The van der Waals surface area contributed by atoms with Gasteiger partial charge >= 0.3 is 17.6 Å². The van der Waals surface area contributed by atoms with Crippen molar-refractivity contribution in [3.63, 3.8) is 0 Å². The Kier molecular flexibility index (Phi) is 2.62. The molecular formula is C7H7NO4S. The summed E-state index contributed by atoms with van der Waals surface area (Å²) in [6, 6.07) is 0. The minimum Gasteiger partial charge on any atom is -0.736 e. The van der Waals surface area contributed by atoms with Crippen molar-refractivity contribution >= 4 is 30.7 Å². The lowest BCUT2D eigenvalue weighted by Crippen LogP contribution is -2.35. The molecule has 6 heteroatoms. The zero-order valence-corrected chi connectivity index (χ0v) is 7.63. The van der Waals surface area contributed by atoms with Gasteiger partial charge in [0.25, 0.3) is 0 Å². The Morgan fingerprint density at radius 2 is 2.38 bits per heavy atom. The number of amides is 1. The highest BCUT2D eigenvalue weighted by Gasteiger charge is 2.36. The second-order valence-corrected chi connectivity index (χ2v) is 2.68. The maximum Gasteiger partial charge on any atom is 0.405 e. The van der Waals surface area contributed by atoms with Crippen LogP contribution in [0.1, 0.15) is 6.42 Å². The molecule has 0 aromatic rings. The van der Waals surface area contributed by atoms with Crippen LogP contribution in [-0.2, 0) is 27.0 Å². The Morgan fingerprint density at radius 3 is 2.62 bits per heavy atom. The maximum absolute atomic E-state index is 11.0. The van der Waals surface area contributed by atoms with E-state index in [-0.39, 0.29) is 18.0 Å². The van der Waals surface area contributed by atoms with Crippen LogP contribution < -0.4 is 0 Å². The molecule has 0 radical (unpaired) electrons. The molecule has 1 heterocycles. The summed E-state index contributed by atoms with van der Waals surface area (Å²) in [4.78, 5) is 21.9. The zero-order valence-electron chi connectivity index (χ0n) is 6.81. The quantitative estimate of drug-likeness (QED) is 0.213. The van der Waals surface area contributed by atoms with Gasteiger partial charge in [0.2, 0.25) is 0 Å². The number of esters is 1. The van der Waals surface area contributed by atoms with Crippen molar-refractivity contribution in [3.8, 4) is 0 Å². The third kappa shape index (κ3) is 1.67. The monoisotopic (exact) mass is 201 g/mol. The molecule has 1 N–H and O–H groups in total. The maximum atomic E-state index is 11.0. The molecule has 0 fully saturated rings. The van der Waals surface area contributed by atoms with E-state index in [2.05, 4.69) is 17.4 Å². The second kappa shape index (κ2) is 3.53. The van der Waals surface area contributed by atoms with Gasteiger partial charge in [-0.25, -0.2) is 9.59 Å². The predicted molar refractivity (Wildman–Crippen MR) is 45.0 cm³/mol. The number of carbonyl (C=O) groups is 2. The van der Waals surface area contributed by atoms with Crippen LogP contribution in [0.4, 0.5) is 0 Å². The van der Waals surface area contributed by atoms with Crippen molar-refractivity contribution in [3.05, 3.63) is 10.8 Å². The van der Waals surface area contributed by atoms with Crippen LogP contribution in [0.2, 0.25) is 0 Å². The Labute approximate surface area is 79.7 Å². The molecule has 1 amide bonds. The Bertz CT molecular complexity index is 327. The van der Waals surface area contributed by atoms with E-state index >= 15 is 0 Å². The highest BCUT2D eigenvalue weighted by molar-refractivity contribution is 7.63. The minimum absolute atomic E-state index is 0.239. The largest absolute Gasteiger partial charge is 0.736 e. The molecule has 0 saturated heterocycles. The van der Waals surface area contributed by atoms with Crippen molar-refractivity contribution in [1.82, 2.24) is 0 Å². The van der Waals surface area contributed by atoms with Crippen LogP contribution in [0.15, 0.2) is 10.8 Å². The van der Waals surface area contributed by atoms with Gasteiger partial charge in [0.05, 0.1) is 12.2 Å². The summed E-state index contributed by atoms with van der Waals surface area (Å²) in [6.07, 6.45) is 1.68. The summed E-state index contributed by atoms with van der Waals surface area (Å²) < 4.78 is 5.32. The third-order valence-corrected chi connectivity index (χ3v) is 1.73. The summed E-state index contributed by atoms with van der Waals surface area (Å²) in [5.41, 5.74) is -0.297. The molecule has 0 aromatic heterocycles. The topological polar surface area (TPSA) is 66.6 Å². The summed E-state index contributed by atoms with van der Waals surface area (Å²) in [7, 11) is 1.14. The van der Waals surface area contributed by atoms with E-state index in [1.165, 1.54) is 6.21 Å². The van der Waals surface area contributed by atoms with Crippen molar-refractivity contribution in [2.45, 2.75) is 6.42 Å². The van der Waals surface area contributed by atoms with Gasteiger partial charge in [-0.1, -0.05) is 0 Å². The molecule has 13 heavy (non-hydrogen) atoms. The summed E-state index contributed by atoms with van der Waals surface area (Å²) >= 11 is 4.39. The van der Waals surface area contributed by atoms with E-state index in [0.29, 0.717) is 0 Å². The smallest absolute Gasteiger partial charge is 0.405 e.